The van der Waals surface area contributed by atoms with E-state index in [1.165, 1.54) is 10.5 Å². The monoisotopic (exact) mass is 698 g/mol. The number of pyridine rings is 2. The van der Waals surface area contributed by atoms with Crippen molar-refractivity contribution in [3.8, 4) is 39.4 Å². The SMILES string of the molecule is COc1nc(-c2cccc(-c3cccc(-c4ccc5nc(CN6CC(C)(O)C6)cc(=O)n5c4)c3Cl)c2Cl)ccc1CNC[C@@H]1CCC(=O)N1. The van der Waals surface area contributed by atoms with Gasteiger partial charge in [0, 0.05) is 90.8 Å². The molecule has 1 amide bonds. The average Bonchev–Trinajstić information content (AvgIpc) is 3.49. The number of likely N-dealkylation sites (tertiary alicyclic amines) is 1. The molecule has 7 rings (SSSR count). The number of carbonyl (C=O) groups is 1. The van der Waals surface area contributed by atoms with Gasteiger partial charge < -0.3 is 20.5 Å². The third-order valence-electron chi connectivity index (χ3n) is 9.02. The van der Waals surface area contributed by atoms with Gasteiger partial charge in [-0.3, -0.25) is 18.9 Å². The van der Waals surface area contributed by atoms with E-state index in [0.717, 1.165) is 39.8 Å². The number of benzene rings is 2. The third kappa shape index (κ3) is 6.92. The molecule has 3 aromatic heterocycles. The number of aliphatic hydroxyl groups is 1. The maximum atomic E-state index is 13.1. The number of β-amino-alcohol motifs (C(OH)–C–C–N with tert-alkyl or cyclic N) is 1. The van der Waals surface area contributed by atoms with Gasteiger partial charge in [-0.15, -0.1) is 0 Å². The molecule has 0 spiro atoms. The summed E-state index contributed by atoms with van der Waals surface area (Å²) in [5.41, 5.74) is 5.58. The quantitative estimate of drug-likeness (QED) is 0.179. The minimum absolute atomic E-state index is 0.0930. The molecule has 2 aromatic carbocycles. The fourth-order valence-corrected chi connectivity index (χ4v) is 7.35. The van der Waals surface area contributed by atoms with E-state index in [0.29, 0.717) is 72.1 Å². The molecule has 1 atom stereocenters. The van der Waals surface area contributed by atoms with E-state index in [9.17, 15) is 14.7 Å². The first-order valence-electron chi connectivity index (χ1n) is 16.2. The van der Waals surface area contributed by atoms with E-state index in [4.69, 9.17) is 32.9 Å². The maximum Gasteiger partial charge on any atom is 0.258 e. The number of methoxy groups -OCH3 is 1. The van der Waals surface area contributed by atoms with Crippen molar-refractivity contribution < 1.29 is 14.6 Å². The summed E-state index contributed by atoms with van der Waals surface area (Å²) >= 11 is 14.2. The molecule has 0 unspecified atom stereocenters. The number of nitrogens with zero attached hydrogens (tertiary/aromatic N) is 4. The van der Waals surface area contributed by atoms with Crippen LogP contribution in [0.3, 0.4) is 0 Å². The van der Waals surface area contributed by atoms with Crippen LogP contribution in [-0.2, 0) is 17.9 Å². The Kier molecular flexibility index (Phi) is 9.17. The number of fused-ring (bicyclic) bond motifs is 1. The predicted octanol–water partition coefficient (Wildman–Crippen LogP) is 5.34. The van der Waals surface area contributed by atoms with Gasteiger partial charge in [-0.1, -0.05) is 65.7 Å². The van der Waals surface area contributed by atoms with Crippen LogP contribution in [0, 0.1) is 0 Å². The minimum atomic E-state index is -0.689. The third-order valence-corrected chi connectivity index (χ3v) is 9.84. The van der Waals surface area contributed by atoms with Crippen LogP contribution in [0.4, 0.5) is 0 Å². The summed E-state index contributed by atoms with van der Waals surface area (Å²) in [6, 6.07) is 20.8. The van der Waals surface area contributed by atoms with Gasteiger partial charge in [0.15, 0.2) is 0 Å². The first kappa shape index (κ1) is 33.2. The standard InChI is InChI=1S/C37H36Cl2N6O4/c1-37(48)20-44(21-37)19-25-15-33(47)45-18-23(10-13-31(45)41-25)26-5-3-6-27(34(26)38)28-7-4-8-29(35(28)39)30-12-9-22(36(43-30)49-2)16-40-17-24-11-14-32(46)42-24/h3-10,12-13,15,18,24,40,48H,11,14,16-17,19-21H2,1-2H3,(H,42,46)/t24-/m0/s1. The van der Waals surface area contributed by atoms with Crippen molar-refractivity contribution in [2.24, 2.45) is 0 Å². The van der Waals surface area contributed by atoms with Crippen LogP contribution in [0.25, 0.3) is 39.2 Å². The smallest absolute Gasteiger partial charge is 0.258 e. The van der Waals surface area contributed by atoms with Crippen LogP contribution < -0.4 is 20.9 Å². The average molecular weight is 700 g/mol. The second kappa shape index (κ2) is 13.5. The van der Waals surface area contributed by atoms with E-state index < -0.39 is 5.60 Å². The zero-order valence-electron chi connectivity index (χ0n) is 27.2. The Balaban J connectivity index is 1.14. The highest BCUT2D eigenvalue weighted by molar-refractivity contribution is 6.39. The van der Waals surface area contributed by atoms with E-state index in [1.54, 1.807) is 20.2 Å². The molecule has 0 aliphatic carbocycles. The van der Waals surface area contributed by atoms with Gasteiger partial charge in [-0.25, -0.2) is 9.97 Å². The zero-order chi connectivity index (χ0) is 34.3. The lowest BCUT2D eigenvalue weighted by Crippen LogP contribution is -2.59. The maximum absolute atomic E-state index is 13.1. The molecule has 49 heavy (non-hydrogen) atoms. The highest BCUT2D eigenvalue weighted by Gasteiger charge is 2.36. The summed E-state index contributed by atoms with van der Waals surface area (Å²) in [7, 11) is 1.59. The molecule has 3 N–H and O–H groups in total. The lowest BCUT2D eigenvalue weighted by molar-refractivity contribution is -0.119. The fourth-order valence-electron chi connectivity index (χ4n) is 6.69. The van der Waals surface area contributed by atoms with E-state index in [-0.39, 0.29) is 17.5 Å². The molecule has 2 fully saturated rings. The van der Waals surface area contributed by atoms with Crippen molar-refractivity contribution in [1.29, 1.82) is 0 Å². The Morgan fingerprint density at radius 1 is 0.980 bits per heavy atom. The summed E-state index contributed by atoms with van der Waals surface area (Å²) in [5, 5.41) is 17.4. The molecule has 5 heterocycles. The molecule has 0 saturated carbocycles. The van der Waals surface area contributed by atoms with Crippen LogP contribution in [0.5, 0.6) is 5.88 Å². The molecule has 10 nitrogen and oxygen atoms in total. The minimum Gasteiger partial charge on any atom is -0.481 e. The summed E-state index contributed by atoms with van der Waals surface area (Å²) in [5.74, 6) is 0.583. The molecule has 0 radical (unpaired) electrons. The highest BCUT2D eigenvalue weighted by Crippen LogP contribution is 2.42. The van der Waals surface area contributed by atoms with E-state index in [1.807, 2.05) is 60.7 Å². The van der Waals surface area contributed by atoms with Gasteiger partial charge in [0.2, 0.25) is 11.8 Å². The highest BCUT2D eigenvalue weighted by atomic mass is 35.5. The molecule has 2 aliphatic heterocycles. The van der Waals surface area contributed by atoms with Crippen LogP contribution in [0.2, 0.25) is 10.0 Å². The second-order valence-corrected chi connectivity index (χ2v) is 13.8. The lowest BCUT2D eigenvalue weighted by Gasteiger charge is -2.44. The number of ether oxygens (including phenoxy) is 1. The topological polar surface area (TPSA) is 121 Å². The largest absolute Gasteiger partial charge is 0.481 e. The Morgan fingerprint density at radius 2 is 1.69 bits per heavy atom. The van der Waals surface area contributed by atoms with Gasteiger partial charge >= 0.3 is 0 Å². The summed E-state index contributed by atoms with van der Waals surface area (Å²) in [4.78, 5) is 36.2. The van der Waals surface area contributed by atoms with Crippen molar-refractivity contribution in [3.63, 3.8) is 0 Å². The van der Waals surface area contributed by atoms with Crippen molar-refractivity contribution in [2.75, 3.05) is 26.7 Å². The predicted molar refractivity (Wildman–Crippen MR) is 191 cm³/mol. The zero-order valence-corrected chi connectivity index (χ0v) is 28.7. The molecule has 252 valence electrons. The second-order valence-electron chi connectivity index (χ2n) is 13.0. The lowest BCUT2D eigenvalue weighted by atomic mass is 9.97. The van der Waals surface area contributed by atoms with Crippen LogP contribution in [0.1, 0.15) is 31.0 Å². The Labute approximate surface area is 293 Å². The van der Waals surface area contributed by atoms with E-state index >= 15 is 0 Å². The number of aromatic nitrogens is 3. The van der Waals surface area contributed by atoms with Crippen molar-refractivity contribution in [3.05, 3.63) is 105 Å². The van der Waals surface area contributed by atoms with Gasteiger partial charge in [-0.2, -0.15) is 0 Å². The normalized spacial score (nSPS) is 17.2. The molecule has 2 aliphatic rings. The van der Waals surface area contributed by atoms with Crippen LogP contribution in [0.15, 0.2) is 77.7 Å². The number of nitrogens with one attached hydrogen (secondary N) is 2. The number of rotatable bonds is 10. The molecular formula is C37H36Cl2N6O4. The van der Waals surface area contributed by atoms with Gasteiger partial charge in [0.1, 0.15) is 5.65 Å². The molecular weight excluding hydrogens is 663 g/mol. The molecule has 5 aromatic rings. The van der Waals surface area contributed by atoms with Crippen molar-refractivity contribution >= 4 is 34.8 Å². The number of amides is 1. The number of hydrogen-bond acceptors (Lipinski definition) is 8. The van der Waals surface area contributed by atoms with Gasteiger partial charge in [0.05, 0.1) is 34.1 Å². The van der Waals surface area contributed by atoms with Crippen molar-refractivity contribution in [1.82, 2.24) is 29.9 Å². The number of hydrogen-bond donors (Lipinski definition) is 3. The van der Waals surface area contributed by atoms with Gasteiger partial charge in [0.25, 0.3) is 5.56 Å². The molecule has 12 heteroatoms. The summed E-state index contributed by atoms with van der Waals surface area (Å²) in [6.07, 6.45) is 3.15. The molecule has 2 saturated heterocycles. The van der Waals surface area contributed by atoms with Gasteiger partial charge in [-0.05, 0) is 31.5 Å². The van der Waals surface area contributed by atoms with Crippen molar-refractivity contribution in [2.45, 2.75) is 44.5 Å². The van der Waals surface area contributed by atoms with Crippen LogP contribution in [-0.4, -0.2) is 68.7 Å². The first-order chi connectivity index (χ1) is 23.6. The number of carbonyl (C=O) groups excluding carboxylic acids is 1. The molecule has 0 bridgehead atoms. The summed E-state index contributed by atoms with van der Waals surface area (Å²) < 4.78 is 7.16. The van der Waals surface area contributed by atoms with Crippen LogP contribution >= 0.6 is 23.2 Å². The van der Waals surface area contributed by atoms with E-state index in [2.05, 4.69) is 20.5 Å². The Bertz CT molecular complexity index is 2130. The Hall–Kier alpha value is -4.32. The first-order valence-corrected chi connectivity index (χ1v) is 16.9. The summed E-state index contributed by atoms with van der Waals surface area (Å²) in [6.45, 7) is 4.61. The number of halogens is 2. The fraction of sp³-hybridized carbons (Fsp3) is 0.297. The Morgan fingerprint density at radius 3 is 2.39 bits per heavy atom.